The number of H-pyrrole nitrogens is 1. The third-order valence-electron chi connectivity index (χ3n) is 4.53. The molecule has 0 bridgehead atoms. The Hall–Kier alpha value is -2.50. The van der Waals surface area contributed by atoms with Crippen LogP contribution in [0.25, 0.3) is 11.3 Å². The molecule has 0 atom stereocenters. The molecule has 1 saturated heterocycles. The van der Waals surface area contributed by atoms with Gasteiger partial charge in [-0.05, 0) is 63.4 Å². The van der Waals surface area contributed by atoms with Gasteiger partial charge in [0.2, 0.25) is 0 Å². The third kappa shape index (κ3) is 4.36. The first kappa shape index (κ1) is 18.3. The van der Waals surface area contributed by atoms with Crippen LogP contribution in [0.2, 0.25) is 0 Å². The predicted octanol–water partition coefficient (Wildman–Crippen LogP) is 4.20. The Balaban J connectivity index is 1.60. The van der Waals surface area contributed by atoms with Gasteiger partial charge < -0.3 is 19.4 Å². The van der Waals surface area contributed by atoms with Crippen molar-refractivity contribution in [2.45, 2.75) is 45.1 Å². The number of imidazole rings is 1. The van der Waals surface area contributed by atoms with E-state index >= 15 is 0 Å². The molecule has 1 aliphatic rings. The fraction of sp³-hybridized carbons (Fsp3) is 0.500. The Bertz CT molecular complexity index is 738. The Labute approximate surface area is 154 Å². The van der Waals surface area contributed by atoms with E-state index in [-0.39, 0.29) is 6.09 Å². The SMILES string of the molecule is COc1ccc(-c2cnc(C3CCN(C(=O)OC(C)(C)C)CC3)[nH]2)cc1. The van der Waals surface area contributed by atoms with Gasteiger partial charge in [0.25, 0.3) is 0 Å². The largest absolute Gasteiger partial charge is 0.497 e. The van der Waals surface area contributed by atoms with Crippen LogP contribution >= 0.6 is 0 Å². The number of ether oxygens (including phenoxy) is 2. The van der Waals surface area contributed by atoms with E-state index in [0.29, 0.717) is 19.0 Å². The number of hydrogen-bond donors (Lipinski definition) is 1. The lowest BCUT2D eigenvalue weighted by atomic mass is 9.96. The normalized spacial score (nSPS) is 15.8. The zero-order valence-electron chi connectivity index (χ0n) is 15.9. The lowest BCUT2D eigenvalue weighted by Gasteiger charge is -2.32. The molecule has 2 aromatic rings. The van der Waals surface area contributed by atoms with Crippen LogP contribution in [0.15, 0.2) is 30.5 Å². The first-order chi connectivity index (χ1) is 12.4. The van der Waals surface area contributed by atoms with Crippen LogP contribution in [0, 0.1) is 0 Å². The average Bonchev–Trinajstić information content (AvgIpc) is 3.10. The fourth-order valence-electron chi connectivity index (χ4n) is 3.12. The molecule has 1 fully saturated rings. The zero-order valence-corrected chi connectivity index (χ0v) is 15.9. The summed E-state index contributed by atoms with van der Waals surface area (Å²) >= 11 is 0. The second kappa shape index (κ2) is 7.40. The van der Waals surface area contributed by atoms with Gasteiger partial charge in [-0.15, -0.1) is 0 Å². The highest BCUT2D eigenvalue weighted by Gasteiger charge is 2.28. The molecule has 26 heavy (non-hydrogen) atoms. The summed E-state index contributed by atoms with van der Waals surface area (Å²) in [5.41, 5.74) is 1.62. The number of aromatic amines is 1. The average molecular weight is 357 g/mol. The van der Waals surface area contributed by atoms with Gasteiger partial charge in [-0.1, -0.05) is 0 Å². The summed E-state index contributed by atoms with van der Waals surface area (Å²) < 4.78 is 10.6. The molecular formula is C20H27N3O3. The number of methoxy groups -OCH3 is 1. The molecule has 0 unspecified atom stereocenters. The Kier molecular flexibility index (Phi) is 5.20. The molecular weight excluding hydrogens is 330 g/mol. The van der Waals surface area contributed by atoms with Crippen molar-refractivity contribution in [3.05, 3.63) is 36.3 Å². The van der Waals surface area contributed by atoms with E-state index < -0.39 is 5.60 Å². The zero-order chi connectivity index (χ0) is 18.7. The topological polar surface area (TPSA) is 67.4 Å². The van der Waals surface area contributed by atoms with Gasteiger partial charge in [-0.3, -0.25) is 0 Å². The van der Waals surface area contributed by atoms with E-state index in [1.54, 1.807) is 12.0 Å². The molecule has 1 aromatic carbocycles. The van der Waals surface area contributed by atoms with Gasteiger partial charge in [0.15, 0.2) is 0 Å². The van der Waals surface area contributed by atoms with Crippen LogP contribution in [0.5, 0.6) is 5.75 Å². The van der Waals surface area contributed by atoms with Crippen LogP contribution in [0.3, 0.4) is 0 Å². The van der Waals surface area contributed by atoms with Gasteiger partial charge in [-0.25, -0.2) is 9.78 Å². The van der Waals surface area contributed by atoms with Gasteiger partial charge in [-0.2, -0.15) is 0 Å². The molecule has 1 aromatic heterocycles. The van der Waals surface area contributed by atoms with Crippen molar-refractivity contribution < 1.29 is 14.3 Å². The minimum absolute atomic E-state index is 0.227. The number of likely N-dealkylation sites (tertiary alicyclic amines) is 1. The van der Waals surface area contributed by atoms with Crippen molar-refractivity contribution in [2.75, 3.05) is 20.2 Å². The molecule has 0 saturated carbocycles. The number of nitrogens with zero attached hydrogens (tertiary/aromatic N) is 2. The summed E-state index contributed by atoms with van der Waals surface area (Å²) in [5.74, 6) is 2.16. The number of carbonyl (C=O) groups excluding carboxylic acids is 1. The lowest BCUT2D eigenvalue weighted by molar-refractivity contribution is 0.0203. The highest BCUT2D eigenvalue weighted by molar-refractivity contribution is 5.68. The number of piperidine rings is 1. The Morgan fingerprint density at radius 1 is 1.19 bits per heavy atom. The van der Waals surface area contributed by atoms with Crippen LogP contribution in [-0.4, -0.2) is 46.8 Å². The van der Waals surface area contributed by atoms with E-state index in [9.17, 15) is 4.79 Å². The second-order valence-corrected chi connectivity index (χ2v) is 7.65. The van der Waals surface area contributed by atoms with Gasteiger partial charge in [0.1, 0.15) is 17.2 Å². The molecule has 140 valence electrons. The molecule has 3 rings (SSSR count). The summed E-state index contributed by atoms with van der Waals surface area (Å²) in [6.07, 6.45) is 3.41. The minimum atomic E-state index is -0.456. The predicted molar refractivity (Wildman–Crippen MR) is 100 cm³/mol. The lowest BCUT2D eigenvalue weighted by Crippen LogP contribution is -2.41. The van der Waals surface area contributed by atoms with E-state index in [4.69, 9.17) is 9.47 Å². The Morgan fingerprint density at radius 2 is 1.85 bits per heavy atom. The number of aromatic nitrogens is 2. The highest BCUT2D eigenvalue weighted by atomic mass is 16.6. The van der Waals surface area contributed by atoms with Gasteiger partial charge in [0.05, 0.1) is 19.0 Å². The van der Waals surface area contributed by atoms with Crippen molar-refractivity contribution in [2.24, 2.45) is 0 Å². The van der Waals surface area contributed by atoms with Crippen LogP contribution in [0.4, 0.5) is 4.79 Å². The summed E-state index contributed by atoms with van der Waals surface area (Å²) in [4.78, 5) is 22.0. The quantitative estimate of drug-likeness (QED) is 0.894. The van der Waals surface area contributed by atoms with Gasteiger partial charge in [0, 0.05) is 19.0 Å². The maximum Gasteiger partial charge on any atom is 0.410 e. The van der Waals surface area contributed by atoms with Crippen molar-refractivity contribution in [3.63, 3.8) is 0 Å². The summed E-state index contributed by atoms with van der Waals surface area (Å²) in [5, 5.41) is 0. The smallest absolute Gasteiger partial charge is 0.410 e. The summed E-state index contributed by atoms with van der Waals surface area (Å²) in [6, 6.07) is 7.91. The van der Waals surface area contributed by atoms with Crippen molar-refractivity contribution in [1.82, 2.24) is 14.9 Å². The third-order valence-corrected chi connectivity index (χ3v) is 4.53. The van der Waals surface area contributed by atoms with Crippen LogP contribution in [0.1, 0.15) is 45.4 Å². The van der Waals surface area contributed by atoms with Crippen LogP contribution in [-0.2, 0) is 4.74 Å². The molecule has 6 nitrogen and oxygen atoms in total. The minimum Gasteiger partial charge on any atom is -0.497 e. The monoisotopic (exact) mass is 357 g/mol. The Morgan fingerprint density at radius 3 is 2.42 bits per heavy atom. The maximum absolute atomic E-state index is 12.2. The molecule has 1 aliphatic heterocycles. The first-order valence-corrected chi connectivity index (χ1v) is 9.03. The number of benzene rings is 1. The molecule has 6 heteroatoms. The van der Waals surface area contributed by atoms with Crippen molar-refractivity contribution in [1.29, 1.82) is 0 Å². The van der Waals surface area contributed by atoms with Gasteiger partial charge >= 0.3 is 6.09 Å². The number of hydrogen-bond acceptors (Lipinski definition) is 4. The molecule has 1 N–H and O–H groups in total. The maximum atomic E-state index is 12.2. The summed E-state index contributed by atoms with van der Waals surface area (Å²) in [7, 11) is 1.66. The molecule has 2 heterocycles. The number of amides is 1. The number of nitrogens with one attached hydrogen (secondary N) is 1. The molecule has 0 radical (unpaired) electrons. The highest BCUT2D eigenvalue weighted by Crippen LogP contribution is 2.29. The molecule has 1 amide bonds. The number of carbonyl (C=O) groups is 1. The fourth-order valence-corrected chi connectivity index (χ4v) is 3.12. The van der Waals surface area contributed by atoms with E-state index in [2.05, 4.69) is 9.97 Å². The molecule has 0 spiro atoms. The summed E-state index contributed by atoms with van der Waals surface area (Å²) in [6.45, 7) is 7.06. The van der Waals surface area contributed by atoms with E-state index in [0.717, 1.165) is 35.7 Å². The first-order valence-electron chi connectivity index (χ1n) is 9.03. The van der Waals surface area contributed by atoms with E-state index in [1.807, 2.05) is 51.2 Å². The van der Waals surface area contributed by atoms with E-state index in [1.165, 1.54) is 0 Å². The number of rotatable bonds is 3. The molecule has 0 aliphatic carbocycles. The second-order valence-electron chi connectivity index (χ2n) is 7.65. The van der Waals surface area contributed by atoms with Crippen molar-refractivity contribution >= 4 is 6.09 Å². The standard InChI is InChI=1S/C20H27N3O3/c1-20(2,3)26-19(24)23-11-9-15(10-12-23)18-21-13-17(22-18)14-5-7-16(25-4)8-6-14/h5-8,13,15H,9-12H2,1-4H3,(H,21,22). The van der Waals surface area contributed by atoms with Crippen LogP contribution < -0.4 is 4.74 Å². The van der Waals surface area contributed by atoms with Crippen molar-refractivity contribution in [3.8, 4) is 17.0 Å².